The lowest BCUT2D eigenvalue weighted by Crippen LogP contribution is -2.11. The van der Waals surface area contributed by atoms with Crippen LogP contribution in [0.1, 0.15) is 10.6 Å². The Morgan fingerprint density at radius 3 is 2.73 bits per heavy atom. The first-order valence-electron chi connectivity index (χ1n) is 6.68. The molecule has 0 unspecified atom stereocenters. The maximum atomic E-state index is 12.1. The largest absolute Gasteiger partial charge is 0.464 e. The summed E-state index contributed by atoms with van der Waals surface area (Å²) in [7, 11) is 0. The van der Waals surface area contributed by atoms with E-state index in [9.17, 15) is 4.79 Å². The van der Waals surface area contributed by atoms with Gasteiger partial charge in [-0.25, -0.2) is 0 Å². The van der Waals surface area contributed by atoms with Crippen molar-refractivity contribution in [1.82, 2.24) is 10.2 Å². The molecule has 0 atom stereocenters. The minimum absolute atomic E-state index is 0.235. The smallest absolute Gasteiger partial charge is 0.292 e. The van der Waals surface area contributed by atoms with Crippen LogP contribution in [0.2, 0.25) is 0 Å². The van der Waals surface area contributed by atoms with E-state index in [4.69, 9.17) is 8.83 Å². The Morgan fingerprint density at radius 2 is 1.95 bits per heavy atom. The molecule has 1 aromatic carbocycles. The van der Waals surface area contributed by atoms with Crippen LogP contribution >= 0.6 is 0 Å². The minimum Gasteiger partial charge on any atom is -0.464 e. The van der Waals surface area contributed by atoms with Gasteiger partial charge in [0.1, 0.15) is 5.76 Å². The third kappa shape index (κ3) is 2.07. The van der Waals surface area contributed by atoms with Gasteiger partial charge in [-0.05, 0) is 42.5 Å². The summed E-state index contributed by atoms with van der Waals surface area (Å²) < 4.78 is 10.5. The van der Waals surface area contributed by atoms with Crippen LogP contribution in [0, 0.1) is 0 Å². The molecule has 0 spiro atoms. The molecule has 0 fully saturated rings. The van der Waals surface area contributed by atoms with Crippen molar-refractivity contribution in [2.75, 3.05) is 5.32 Å². The van der Waals surface area contributed by atoms with E-state index in [-0.39, 0.29) is 11.7 Å². The normalized spacial score (nSPS) is 10.9. The third-order valence-corrected chi connectivity index (χ3v) is 3.35. The zero-order valence-electron chi connectivity index (χ0n) is 11.4. The second-order valence-electron chi connectivity index (χ2n) is 4.74. The number of anilines is 1. The molecule has 1 amide bonds. The van der Waals surface area contributed by atoms with Crippen LogP contribution in [-0.4, -0.2) is 16.1 Å². The van der Waals surface area contributed by atoms with Gasteiger partial charge >= 0.3 is 0 Å². The zero-order chi connectivity index (χ0) is 14.9. The van der Waals surface area contributed by atoms with Crippen LogP contribution < -0.4 is 5.32 Å². The number of H-pyrrole nitrogens is 1. The molecular formula is C16H11N3O3. The molecule has 0 aliphatic heterocycles. The van der Waals surface area contributed by atoms with E-state index in [1.54, 1.807) is 18.4 Å². The fourth-order valence-electron chi connectivity index (χ4n) is 2.28. The van der Waals surface area contributed by atoms with Crippen LogP contribution in [0.15, 0.2) is 63.8 Å². The number of hydrogen-bond donors (Lipinski definition) is 2. The molecule has 0 saturated carbocycles. The van der Waals surface area contributed by atoms with Crippen molar-refractivity contribution in [1.29, 1.82) is 0 Å². The van der Waals surface area contributed by atoms with E-state index in [1.165, 1.54) is 6.26 Å². The maximum Gasteiger partial charge on any atom is 0.292 e. The molecule has 3 heterocycles. The minimum atomic E-state index is -0.346. The predicted octanol–water partition coefficient (Wildman–Crippen LogP) is 3.67. The lowest BCUT2D eigenvalue weighted by atomic mass is 10.1. The average Bonchev–Trinajstić information content (AvgIpc) is 3.29. The van der Waals surface area contributed by atoms with Gasteiger partial charge in [0.15, 0.2) is 11.6 Å². The van der Waals surface area contributed by atoms with Crippen molar-refractivity contribution >= 4 is 22.6 Å². The number of aromatic nitrogens is 2. The van der Waals surface area contributed by atoms with E-state index < -0.39 is 0 Å². The summed E-state index contributed by atoms with van der Waals surface area (Å²) in [5, 5.41) is 10.6. The monoisotopic (exact) mass is 293 g/mol. The topological polar surface area (TPSA) is 84.1 Å². The molecule has 22 heavy (non-hydrogen) atoms. The Hall–Kier alpha value is -3.28. The van der Waals surface area contributed by atoms with Gasteiger partial charge in [0, 0.05) is 10.9 Å². The summed E-state index contributed by atoms with van der Waals surface area (Å²) in [6.45, 7) is 0. The summed E-state index contributed by atoms with van der Waals surface area (Å²) >= 11 is 0. The molecule has 6 nitrogen and oxygen atoms in total. The van der Waals surface area contributed by atoms with Crippen molar-refractivity contribution in [2.45, 2.75) is 0 Å². The van der Waals surface area contributed by atoms with Gasteiger partial charge < -0.3 is 14.2 Å². The van der Waals surface area contributed by atoms with Crippen LogP contribution in [0.25, 0.3) is 22.2 Å². The number of nitrogens with zero attached hydrogens (tertiary/aromatic N) is 1. The highest BCUT2D eigenvalue weighted by atomic mass is 16.3. The third-order valence-electron chi connectivity index (χ3n) is 3.35. The Labute approximate surface area is 124 Å². The lowest BCUT2D eigenvalue weighted by Gasteiger charge is -2.01. The molecule has 108 valence electrons. The molecule has 0 radical (unpaired) electrons. The second-order valence-corrected chi connectivity index (χ2v) is 4.74. The van der Waals surface area contributed by atoms with Gasteiger partial charge in [0.05, 0.1) is 18.0 Å². The van der Waals surface area contributed by atoms with Crippen LogP contribution in [-0.2, 0) is 0 Å². The second kappa shape index (κ2) is 4.92. The van der Waals surface area contributed by atoms with E-state index in [1.807, 2.05) is 30.3 Å². The van der Waals surface area contributed by atoms with Gasteiger partial charge in [-0.1, -0.05) is 0 Å². The average molecular weight is 293 g/mol. The van der Waals surface area contributed by atoms with Crippen molar-refractivity contribution in [3.05, 3.63) is 60.8 Å². The quantitative estimate of drug-likeness (QED) is 0.603. The number of hydrogen-bond acceptors (Lipinski definition) is 4. The molecule has 0 aliphatic rings. The molecule has 0 aliphatic carbocycles. The van der Waals surface area contributed by atoms with E-state index >= 15 is 0 Å². The maximum absolute atomic E-state index is 12.1. The van der Waals surface area contributed by atoms with E-state index in [0.717, 1.165) is 22.2 Å². The molecular weight excluding hydrogens is 282 g/mol. The first kappa shape index (κ1) is 12.5. The standard InChI is InChI=1S/C16H11N3O3/c20-16(14-4-2-8-22-14)17-15-11-9-10(13-3-1-7-21-13)5-6-12(11)18-19-15/h1-9H,(H2,17,18,19,20). The highest BCUT2D eigenvalue weighted by molar-refractivity contribution is 6.06. The SMILES string of the molecule is O=C(Nc1n[nH]c2ccc(-c3ccco3)cc12)c1ccco1. The molecule has 6 heteroatoms. The number of aromatic amines is 1. The molecule has 2 N–H and O–H groups in total. The Kier molecular flexibility index (Phi) is 2.79. The molecule has 3 aromatic heterocycles. The van der Waals surface area contributed by atoms with Gasteiger partial charge in [-0.15, -0.1) is 0 Å². The first-order valence-corrected chi connectivity index (χ1v) is 6.68. The summed E-state index contributed by atoms with van der Waals surface area (Å²) in [4.78, 5) is 12.1. The molecule has 0 saturated heterocycles. The van der Waals surface area contributed by atoms with Crippen molar-refractivity contribution in [3.63, 3.8) is 0 Å². The van der Waals surface area contributed by atoms with Crippen LogP contribution in [0.5, 0.6) is 0 Å². The highest BCUT2D eigenvalue weighted by Crippen LogP contribution is 2.28. The van der Waals surface area contributed by atoms with Gasteiger partial charge in [-0.2, -0.15) is 5.10 Å². The number of carbonyl (C=O) groups is 1. The van der Waals surface area contributed by atoms with E-state index in [2.05, 4.69) is 15.5 Å². The molecule has 4 aromatic rings. The highest BCUT2D eigenvalue weighted by Gasteiger charge is 2.14. The summed E-state index contributed by atoms with van der Waals surface area (Å²) in [6.07, 6.45) is 3.07. The van der Waals surface area contributed by atoms with Gasteiger partial charge in [0.25, 0.3) is 5.91 Å². The number of nitrogens with one attached hydrogen (secondary N) is 2. The molecule has 4 rings (SSSR count). The number of furan rings is 2. The summed E-state index contributed by atoms with van der Waals surface area (Å²) in [6, 6.07) is 12.7. The first-order chi connectivity index (χ1) is 10.8. The lowest BCUT2D eigenvalue weighted by molar-refractivity contribution is 0.0996. The number of amides is 1. The van der Waals surface area contributed by atoms with Crippen LogP contribution in [0.4, 0.5) is 5.82 Å². The fraction of sp³-hybridized carbons (Fsp3) is 0. The number of rotatable bonds is 3. The zero-order valence-corrected chi connectivity index (χ0v) is 11.4. The van der Waals surface area contributed by atoms with Crippen molar-refractivity contribution in [2.24, 2.45) is 0 Å². The van der Waals surface area contributed by atoms with Gasteiger partial charge in [0.2, 0.25) is 0 Å². The van der Waals surface area contributed by atoms with Gasteiger partial charge in [-0.3, -0.25) is 9.89 Å². The predicted molar refractivity (Wildman–Crippen MR) is 80.5 cm³/mol. The fourth-order valence-corrected chi connectivity index (χ4v) is 2.28. The molecule has 0 bridgehead atoms. The van der Waals surface area contributed by atoms with Crippen molar-refractivity contribution < 1.29 is 13.6 Å². The number of benzene rings is 1. The Morgan fingerprint density at radius 1 is 1.09 bits per heavy atom. The Bertz CT molecular complexity index is 921. The number of carbonyl (C=O) groups excluding carboxylic acids is 1. The van der Waals surface area contributed by atoms with Crippen LogP contribution in [0.3, 0.4) is 0 Å². The summed E-state index contributed by atoms with van der Waals surface area (Å²) in [5.41, 5.74) is 1.73. The summed E-state index contributed by atoms with van der Waals surface area (Å²) in [5.74, 6) is 1.09. The number of fused-ring (bicyclic) bond motifs is 1. The van der Waals surface area contributed by atoms with E-state index in [0.29, 0.717) is 5.82 Å². The Balaban J connectivity index is 1.72. The van der Waals surface area contributed by atoms with Crippen molar-refractivity contribution in [3.8, 4) is 11.3 Å².